The average molecular weight is 331 g/mol. The van der Waals surface area contributed by atoms with E-state index in [1.165, 1.54) is 11.9 Å². The van der Waals surface area contributed by atoms with Crippen molar-refractivity contribution in [3.8, 4) is 0 Å². The Morgan fingerprint density at radius 2 is 2.00 bits per heavy atom. The Kier molecular flexibility index (Phi) is 8.39. The number of rotatable bonds is 8. The second-order valence-electron chi connectivity index (χ2n) is 5.20. The second kappa shape index (κ2) is 10.0. The van der Waals surface area contributed by atoms with Gasteiger partial charge in [0.1, 0.15) is 0 Å². The lowest BCUT2D eigenvalue weighted by Gasteiger charge is -2.18. The maximum absolute atomic E-state index is 12.2. The van der Waals surface area contributed by atoms with E-state index >= 15 is 0 Å². The predicted octanol–water partition coefficient (Wildman–Crippen LogP) is 1.67. The third kappa shape index (κ3) is 9.72. The van der Waals surface area contributed by atoms with Gasteiger partial charge >= 0.3 is 6.18 Å². The summed E-state index contributed by atoms with van der Waals surface area (Å²) in [5, 5.41) is 6.23. The van der Waals surface area contributed by atoms with Gasteiger partial charge in [-0.2, -0.15) is 13.2 Å². The van der Waals surface area contributed by atoms with E-state index in [-0.39, 0.29) is 0 Å². The number of aromatic nitrogens is 1. The number of aliphatic imine (C=N–C) groups is 1. The van der Waals surface area contributed by atoms with Crippen LogP contribution in [0.5, 0.6) is 0 Å². The maximum Gasteiger partial charge on any atom is 0.401 e. The van der Waals surface area contributed by atoms with E-state index in [0.29, 0.717) is 32.0 Å². The van der Waals surface area contributed by atoms with Crippen LogP contribution in [-0.2, 0) is 6.42 Å². The number of pyridine rings is 1. The van der Waals surface area contributed by atoms with Crippen molar-refractivity contribution < 1.29 is 13.2 Å². The van der Waals surface area contributed by atoms with Crippen molar-refractivity contribution in [2.75, 3.05) is 40.3 Å². The highest BCUT2D eigenvalue weighted by atomic mass is 19.4. The molecule has 0 aliphatic carbocycles. The van der Waals surface area contributed by atoms with Crippen LogP contribution in [0.4, 0.5) is 13.2 Å². The largest absolute Gasteiger partial charge is 0.401 e. The zero-order valence-electron chi connectivity index (χ0n) is 13.5. The summed E-state index contributed by atoms with van der Waals surface area (Å²) < 4.78 is 36.6. The number of guanidine groups is 1. The molecule has 0 fully saturated rings. The van der Waals surface area contributed by atoms with Crippen LogP contribution in [-0.4, -0.2) is 62.3 Å². The summed E-state index contributed by atoms with van der Waals surface area (Å²) >= 11 is 0. The fraction of sp³-hybridized carbons (Fsp3) is 0.600. The molecule has 0 aliphatic rings. The molecule has 1 aromatic heterocycles. The van der Waals surface area contributed by atoms with Crippen molar-refractivity contribution in [3.05, 3.63) is 30.1 Å². The van der Waals surface area contributed by atoms with E-state index in [2.05, 4.69) is 20.6 Å². The molecule has 2 N–H and O–H groups in total. The monoisotopic (exact) mass is 331 g/mol. The molecule has 0 saturated carbocycles. The van der Waals surface area contributed by atoms with Crippen molar-refractivity contribution in [1.29, 1.82) is 0 Å². The van der Waals surface area contributed by atoms with Gasteiger partial charge in [-0.15, -0.1) is 0 Å². The maximum atomic E-state index is 12.2. The van der Waals surface area contributed by atoms with Crippen molar-refractivity contribution in [2.24, 2.45) is 4.99 Å². The molecule has 0 atom stereocenters. The quantitative estimate of drug-likeness (QED) is 0.432. The van der Waals surface area contributed by atoms with Gasteiger partial charge in [-0.3, -0.25) is 14.9 Å². The minimum Gasteiger partial charge on any atom is -0.356 e. The number of nitrogens with zero attached hydrogens (tertiary/aromatic N) is 3. The van der Waals surface area contributed by atoms with E-state index in [1.807, 2.05) is 18.2 Å². The van der Waals surface area contributed by atoms with Crippen LogP contribution in [0.3, 0.4) is 0 Å². The number of alkyl halides is 3. The van der Waals surface area contributed by atoms with Crippen molar-refractivity contribution >= 4 is 5.96 Å². The topological polar surface area (TPSA) is 52.6 Å². The van der Waals surface area contributed by atoms with Gasteiger partial charge in [-0.05, 0) is 32.1 Å². The molecule has 0 spiro atoms. The summed E-state index contributed by atoms with van der Waals surface area (Å²) in [5.74, 6) is 0.638. The molecule has 1 aromatic rings. The minimum atomic E-state index is -4.15. The number of nitrogens with one attached hydrogen (secondary N) is 2. The lowest BCUT2D eigenvalue weighted by atomic mass is 10.3. The summed E-state index contributed by atoms with van der Waals surface area (Å²) in [6.07, 6.45) is -1.02. The number of hydrogen-bond donors (Lipinski definition) is 2. The molecular weight excluding hydrogens is 307 g/mol. The van der Waals surface area contributed by atoms with Gasteiger partial charge in [-0.1, -0.05) is 6.07 Å². The molecule has 5 nitrogen and oxygen atoms in total. The number of halogens is 3. The average Bonchev–Trinajstić information content (AvgIpc) is 2.49. The Hall–Kier alpha value is -1.83. The molecule has 130 valence electrons. The Balaban J connectivity index is 2.14. The van der Waals surface area contributed by atoms with E-state index in [4.69, 9.17) is 0 Å². The molecular formula is C15H24F3N5. The van der Waals surface area contributed by atoms with E-state index in [1.54, 1.807) is 13.2 Å². The highest BCUT2D eigenvalue weighted by Crippen LogP contribution is 2.15. The Labute approximate surface area is 135 Å². The molecule has 8 heteroatoms. The minimum absolute atomic E-state index is 0.372. The van der Waals surface area contributed by atoms with Gasteiger partial charge in [0.25, 0.3) is 0 Å². The van der Waals surface area contributed by atoms with Crippen LogP contribution >= 0.6 is 0 Å². The lowest BCUT2D eigenvalue weighted by Crippen LogP contribution is -2.40. The second-order valence-corrected chi connectivity index (χ2v) is 5.20. The Morgan fingerprint density at radius 3 is 2.61 bits per heavy atom. The first-order valence-corrected chi connectivity index (χ1v) is 7.50. The fourth-order valence-corrected chi connectivity index (χ4v) is 2.02. The first-order chi connectivity index (χ1) is 10.9. The molecule has 0 unspecified atom stereocenters. The summed E-state index contributed by atoms with van der Waals surface area (Å²) in [6.45, 7) is 0.734. The number of hydrogen-bond acceptors (Lipinski definition) is 3. The van der Waals surface area contributed by atoms with Crippen LogP contribution in [0.25, 0.3) is 0 Å². The van der Waals surface area contributed by atoms with E-state index in [0.717, 1.165) is 12.1 Å². The van der Waals surface area contributed by atoms with Gasteiger partial charge in [0, 0.05) is 38.4 Å². The van der Waals surface area contributed by atoms with Gasteiger partial charge in [-0.25, -0.2) is 0 Å². The lowest BCUT2D eigenvalue weighted by molar-refractivity contribution is -0.143. The third-order valence-electron chi connectivity index (χ3n) is 3.08. The molecule has 0 amide bonds. The van der Waals surface area contributed by atoms with Crippen molar-refractivity contribution in [1.82, 2.24) is 20.5 Å². The van der Waals surface area contributed by atoms with E-state index < -0.39 is 12.7 Å². The molecule has 0 aromatic carbocycles. The fourth-order valence-electron chi connectivity index (χ4n) is 2.02. The molecule has 23 heavy (non-hydrogen) atoms. The standard InChI is InChI=1S/C15H24F3N5/c1-19-14(22-10-7-13-6-3-4-8-20-13)21-9-5-11-23(2)12-15(16,17)18/h3-4,6,8H,5,7,9-12H2,1-2H3,(H2,19,21,22). The Bertz CT molecular complexity index is 462. The van der Waals surface area contributed by atoms with E-state index in [9.17, 15) is 13.2 Å². The smallest absolute Gasteiger partial charge is 0.356 e. The molecule has 0 saturated heterocycles. The van der Waals surface area contributed by atoms with Crippen LogP contribution in [0.2, 0.25) is 0 Å². The summed E-state index contributed by atoms with van der Waals surface area (Å²) in [6, 6.07) is 5.76. The van der Waals surface area contributed by atoms with Gasteiger partial charge in [0.15, 0.2) is 5.96 Å². The molecule has 1 rings (SSSR count). The zero-order chi connectivity index (χ0) is 17.1. The van der Waals surface area contributed by atoms with Gasteiger partial charge in [0.05, 0.1) is 6.54 Å². The van der Waals surface area contributed by atoms with Crippen LogP contribution in [0.1, 0.15) is 12.1 Å². The van der Waals surface area contributed by atoms with Crippen molar-refractivity contribution in [2.45, 2.75) is 19.0 Å². The van der Waals surface area contributed by atoms with Gasteiger partial charge in [0.2, 0.25) is 0 Å². The summed E-state index contributed by atoms with van der Waals surface area (Å²) in [7, 11) is 3.12. The van der Waals surface area contributed by atoms with Gasteiger partial charge < -0.3 is 10.6 Å². The molecule has 0 radical (unpaired) electrons. The highest BCUT2D eigenvalue weighted by molar-refractivity contribution is 5.79. The SMILES string of the molecule is CN=C(NCCCN(C)CC(F)(F)F)NCCc1ccccn1. The zero-order valence-corrected chi connectivity index (χ0v) is 13.5. The molecule has 0 aliphatic heterocycles. The molecule has 1 heterocycles. The summed E-state index contributed by atoms with van der Waals surface area (Å²) in [4.78, 5) is 9.57. The predicted molar refractivity (Wildman–Crippen MR) is 85.5 cm³/mol. The highest BCUT2D eigenvalue weighted by Gasteiger charge is 2.28. The summed E-state index contributed by atoms with van der Waals surface area (Å²) in [5.41, 5.74) is 0.990. The first kappa shape index (κ1) is 19.2. The normalized spacial score (nSPS) is 12.5. The van der Waals surface area contributed by atoms with Crippen LogP contribution in [0.15, 0.2) is 29.4 Å². The molecule has 0 bridgehead atoms. The Morgan fingerprint density at radius 1 is 1.26 bits per heavy atom. The third-order valence-corrected chi connectivity index (χ3v) is 3.08. The first-order valence-electron chi connectivity index (χ1n) is 7.50. The van der Waals surface area contributed by atoms with Crippen LogP contribution < -0.4 is 10.6 Å². The van der Waals surface area contributed by atoms with Crippen LogP contribution in [0, 0.1) is 0 Å². The van der Waals surface area contributed by atoms with Crippen molar-refractivity contribution in [3.63, 3.8) is 0 Å².